The van der Waals surface area contributed by atoms with E-state index in [-0.39, 0.29) is 12.1 Å². The van der Waals surface area contributed by atoms with Gasteiger partial charge in [0.25, 0.3) is 0 Å². The molecule has 2 atom stereocenters. The number of rotatable bonds is 2. The number of morpholine rings is 1. The van der Waals surface area contributed by atoms with Gasteiger partial charge in [0.15, 0.2) is 0 Å². The number of nitrogens with one attached hydrogen (secondary N) is 1. The van der Waals surface area contributed by atoms with Crippen molar-refractivity contribution >= 4 is 6.29 Å². The van der Waals surface area contributed by atoms with Crippen molar-refractivity contribution in [3.05, 3.63) is 0 Å². The van der Waals surface area contributed by atoms with Crippen molar-refractivity contribution in [3.63, 3.8) is 0 Å². The van der Waals surface area contributed by atoms with E-state index in [0.29, 0.717) is 5.92 Å². The second-order valence-electron chi connectivity index (χ2n) is 4.35. The van der Waals surface area contributed by atoms with E-state index in [9.17, 15) is 4.79 Å². The molecule has 3 heteroatoms. The molecule has 1 N–H and O–H groups in total. The maximum absolute atomic E-state index is 10.9. The van der Waals surface area contributed by atoms with Crippen LogP contribution in [0.4, 0.5) is 0 Å². The average molecular weight is 197 g/mol. The van der Waals surface area contributed by atoms with Crippen LogP contribution in [-0.4, -0.2) is 31.6 Å². The van der Waals surface area contributed by atoms with Gasteiger partial charge in [-0.2, -0.15) is 0 Å². The van der Waals surface area contributed by atoms with Crippen molar-refractivity contribution in [1.29, 1.82) is 0 Å². The lowest BCUT2D eigenvalue weighted by atomic mass is 9.82. The fraction of sp³-hybridized carbons (Fsp3) is 0.909. The molecule has 3 nitrogen and oxygen atoms in total. The highest BCUT2D eigenvalue weighted by molar-refractivity contribution is 5.59. The molecule has 0 spiro atoms. The second kappa shape index (κ2) is 4.89. The van der Waals surface area contributed by atoms with Crippen LogP contribution in [0.3, 0.4) is 0 Å². The third-order valence-corrected chi connectivity index (χ3v) is 3.41. The van der Waals surface area contributed by atoms with E-state index in [4.69, 9.17) is 4.74 Å². The molecule has 80 valence electrons. The summed E-state index contributed by atoms with van der Waals surface area (Å²) in [5.41, 5.74) is 0. The summed E-state index contributed by atoms with van der Waals surface area (Å²) < 4.78 is 5.73. The highest BCUT2D eigenvalue weighted by atomic mass is 16.5. The van der Waals surface area contributed by atoms with Crippen LogP contribution < -0.4 is 5.32 Å². The van der Waals surface area contributed by atoms with Crippen molar-refractivity contribution < 1.29 is 9.53 Å². The van der Waals surface area contributed by atoms with Gasteiger partial charge in [-0.1, -0.05) is 19.3 Å². The van der Waals surface area contributed by atoms with Gasteiger partial charge in [0.1, 0.15) is 6.29 Å². The Hall–Kier alpha value is -0.410. The molecule has 1 heterocycles. The summed E-state index contributed by atoms with van der Waals surface area (Å²) in [6, 6.07) is -0.0631. The first kappa shape index (κ1) is 10.1. The highest BCUT2D eigenvalue weighted by Crippen LogP contribution is 2.29. The maximum atomic E-state index is 10.9. The van der Waals surface area contributed by atoms with E-state index in [2.05, 4.69) is 5.32 Å². The van der Waals surface area contributed by atoms with E-state index < -0.39 is 0 Å². The topological polar surface area (TPSA) is 38.3 Å². The van der Waals surface area contributed by atoms with Crippen LogP contribution in [0.25, 0.3) is 0 Å². The van der Waals surface area contributed by atoms with Gasteiger partial charge < -0.3 is 14.8 Å². The van der Waals surface area contributed by atoms with Crippen LogP contribution in [-0.2, 0) is 9.53 Å². The molecule has 1 aliphatic carbocycles. The van der Waals surface area contributed by atoms with Gasteiger partial charge in [0, 0.05) is 6.54 Å². The molecular formula is C11H19NO2. The van der Waals surface area contributed by atoms with Crippen molar-refractivity contribution in [2.24, 2.45) is 5.92 Å². The molecule has 0 aromatic rings. The normalized spacial score (nSPS) is 35.4. The van der Waals surface area contributed by atoms with Crippen LogP contribution in [0, 0.1) is 5.92 Å². The zero-order valence-corrected chi connectivity index (χ0v) is 8.58. The monoisotopic (exact) mass is 197 g/mol. The van der Waals surface area contributed by atoms with Crippen LogP contribution in [0.2, 0.25) is 0 Å². The Labute approximate surface area is 85.2 Å². The maximum Gasteiger partial charge on any atom is 0.139 e. The smallest absolute Gasteiger partial charge is 0.139 e. The predicted octanol–water partition coefficient (Wildman–Crippen LogP) is 1.12. The highest BCUT2D eigenvalue weighted by Gasteiger charge is 2.32. The standard InChI is InChI=1S/C11H19NO2/c13-8-10-11(14-7-6-12-10)9-4-2-1-3-5-9/h8-12H,1-7H2. The molecule has 1 saturated heterocycles. The molecule has 0 amide bonds. The molecule has 1 saturated carbocycles. The minimum atomic E-state index is -0.0631. The molecule has 0 bridgehead atoms. The number of hydrogen-bond acceptors (Lipinski definition) is 3. The first-order valence-corrected chi connectivity index (χ1v) is 5.72. The lowest BCUT2D eigenvalue weighted by Gasteiger charge is -2.36. The lowest BCUT2D eigenvalue weighted by molar-refractivity contribution is -0.119. The van der Waals surface area contributed by atoms with Crippen molar-refractivity contribution in [1.82, 2.24) is 5.32 Å². The van der Waals surface area contributed by atoms with Crippen molar-refractivity contribution in [2.75, 3.05) is 13.2 Å². The summed E-state index contributed by atoms with van der Waals surface area (Å²) in [6.07, 6.45) is 7.57. The molecule has 14 heavy (non-hydrogen) atoms. The minimum Gasteiger partial charge on any atom is -0.375 e. The molecule has 2 aliphatic rings. The van der Waals surface area contributed by atoms with Crippen LogP contribution >= 0.6 is 0 Å². The van der Waals surface area contributed by atoms with Crippen molar-refractivity contribution in [2.45, 2.75) is 44.2 Å². The summed E-state index contributed by atoms with van der Waals surface area (Å²) in [5, 5.41) is 3.22. The number of aldehydes is 1. The molecule has 2 unspecified atom stereocenters. The number of ether oxygens (including phenoxy) is 1. The summed E-state index contributed by atoms with van der Waals surface area (Å²) in [5.74, 6) is 0.603. The van der Waals surface area contributed by atoms with Gasteiger partial charge in [-0.25, -0.2) is 0 Å². The first-order chi connectivity index (χ1) is 6.92. The summed E-state index contributed by atoms with van der Waals surface area (Å²) >= 11 is 0. The van der Waals surface area contributed by atoms with Crippen molar-refractivity contribution in [3.8, 4) is 0 Å². The Bertz CT molecular complexity index is 190. The number of hydrogen-bond donors (Lipinski definition) is 1. The lowest BCUT2D eigenvalue weighted by Crippen LogP contribution is -2.52. The Kier molecular flexibility index (Phi) is 3.54. The van der Waals surface area contributed by atoms with Gasteiger partial charge >= 0.3 is 0 Å². The third kappa shape index (κ3) is 2.15. The molecule has 2 fully saturated rings. The zero-order valence-electron chi connectivity index (χ0n) is 8.58. The molecule has 2 rings (SSSR count). The van der Waals surface area contributed by atoms with Crippen LogP contribution in [0.1, 0.15) is 32.1 Å². The van der Waals surface area contributed by atoms with E-state index in [1.165, 1.54) is 32.1 Å². The van der Waals surface area contributed by atoms with Gasteiger partial charge in [-0.3, -0.25) is 0 Å². The Balaban J connectivity index is 1.94. The summed E-state index contributed by atoms with van der Waals surface area (Å²) in [6.45, 7) is 1.57. The van der Waals surface area contributed by atoms with E-state index in [0.717, 1.165) is 19.4 Å². The first-order valence-electron chi connectivity index (χ1n) is 5.72. The summed E-state index contributed by atoms with van der Waals surface area (Å²) in [4.78, 5) is 10.9. The molecular weight excluding hydrogens is 178 g/mol. The van der Waals surface area contributed by atoms with E-state index in [1.54, 1.807) is 0 Å². The Morgan fingerprint density at radius 3 is 2.71 bits per heavy atom. The van der Waals surface area contributed by atoms with Gasteiger partial charge in [0.05, 0.1) is 18.8 Å². The van der Waals surface area contributed by atoms with Crippen LogP contribution in [0.15, 0.2) is 0 Å². The number of carbonyl (C=O) groups excluding carboxylic acids is 1. The molecule has 0 aromatic heterocycles. The molecule has 1 aliphatic heterocycles. The average Bonchev–Trinajstić information content (AvgIpc) is 2.30. The molecule has 0 radical (unpaired) electrons. The Morgan fingerprint density at radius 2 is 2.00 bits per heavy atom. The minimum absolute atomic E-state index is 0.0631. The third-order valence-electron chi connectivity index (χ3n) is 3.41. The van der Waals surface area contributed by atoms with Gasteiger partial charge in [0.2, 0.25) is 0 Å². The fourth-order valence-corrected chi connectivity index (χ4v) is 2.66. The summed E-state index contributed by atoms with van der Waals surface area (Å²) in [7, 11) is 0. The van der Waals surface area contributed by atoms with Crippen LogP contribution in [0.5, 0.6) is 0 Å². The zero-order chi connectivity index (χ0) is 9.80. The van der Waals surface area contributed by atoms with E-state index in [1.807, 2.05) is 0 Å². The molecule has 0 aromatic carbocycles. The quantitative estimate of drug-likeness (QED) is 0.674. The van der Waals surface area contributed by atoms with E-state index >= 15 is 0 Å². The second-order valence-corrected chi connectivity index (χ2v) is 4.35. The van der Waals surface area contributed by atoms with Gasteiger partial charge in [-0.05, 0) is 18.8 Å². The fourth-order valence-electron chi connectivity index (χ4n) is 2.66. The number of carbonyl (C=O) groups is 1. The largest absolute Gasteiger partial charge is 0.375 e. The van der Waals surface area contributed by atoms with Gasteiger partial charge in [-0.15, -0.1) is 0 Å². The SMILES string of the molecule is O=CC1NCCOC1C1CCCCC1. The Morgan fingerprint density at radius 1 is 1.21 bits per heavy atom. The predicted molar refractivity (Wildman–Crippen MR) is 54.2 cm³/mol.